The van der Waals surface area contributed by atoms with E-state index in [0.29, 0.717) is 35.3 Å². The van der Waals surface area contributed by atoms with Gasteiger partial charge in [0, 0.05) is 37.1 Å². The first-order valence-electron chi connectivity index (χ1n) is 11.6. The second-order valence-corrected chi connectivity index (χ2v) is 10.6. The van der Waals surface area contributed by atoms with E-state index in [1.54, 1.807) is 61.4 Å². The van der Waals surface area contributed by atoms with Crippen LogP contribution in [0, 0.1) is 6.92 Å². The van der Waals surface area contributed by atoms with Crippen LogP contribution >= 0.6 is 0 Å². The Morgan fingerprint density at radius 2 is 1.65 bits per heavy atom. The highest BCUT2D eigenvalue weighted by Gasteiger charge is 2.32. The predicted molar refractivity (Wildman–Crippen MR) is 139 cm³/mol. The molecule has 0 amide bonds. The van der Waals surface area contributed by atoms with Gasteiger partial charge in [0.1, 0.15) is 28.8 Å². The van der Waals surface area contributed by atoms with Gasteiger partial charge in [0.2, 0.25) is 16.0 Å². The number of benzene rings is 1. The molecule has 11 nitrogen and oxygen atoms in total. The van der Waals surface area contributed by atoms with Crippen LogP contribution in [0.1, 0.15) is 42.5 Å². The molecule has 37 heavy (non-hydrogen) atoms. The fourth-order valence-corrected chi connectivity index (χ4v) is 5.04. The van der Waals surface area contributed by atoms with Crippen molar-refractivity contribution in [2.45, 2.75) is 38.4 Å². The molecule has 0 saturated heterocycles. The quantitative estimate of drug-likeness (QED) is 0.332. The number of nitrogens with zero attached hydrogens (tertiary/aromatic N) is 6. The van der Waals surface area contributed by atoms with Crippen molar-refractivity contribution in [2.75, 3.05) is 18.9 Å². The molecule has 0 unspecified atom stereocenters. The second-order valence-electron chi connectivity index (χ2n) is 8.58. The molecule has 0 bridgehead atoms. The summed E-state index contributed by atoms with van der Waals surface area (Å²) in [4.78, 5) is 12.8. The van der Waals surface area contributed by atoms with Gasteiger partial charge in [-0.2, -0.15) is 0 Å². The van der Waals surface area contributed by atoms with E-state index in [4.69, 9.17) is 9.47 Å². The molecule has 0 aliphatic rings. The number of sulfonamides is 1. The Kier molecular flexibility index (Phi) is 7.67. The average Bonchev–Trinajstić information content (AvgIpc) is 3.28. The van der Waals surface area contributed by atoms with Crippen LogP contribution in [-0.4, -0.2) is 57.6 Å². The summed E-state index contributed by atoms with van der Waals surface area (Å²) >= 11 is 0. The number of aryl methyl sites for hydroxylation is 1. The summed E-state index contributed by atoms with van der Waals surface area (Å²) in [5.74, 6) is 1.35. The summed E-state index contributed by atoms with van der Waals surface area (Å²) in [5.41, 5.74) is 2.24. The summed E-state index contributed by atoms with van der Waals surface area (Å²) in [6.45, 7) is 5.26. The van der Waals surface area contributed by atoms with E-state index in [2.05, 4.69) is 29.9 Å². The molecule has 0 aliphatic heterocycles. The third-order valence-electron chi connectivity index (χ3n) is 6.08. The standard InChI is InChI=1S/C25H29N7O4S/c1-16-13-27-24(28-14-16)17(2)18(3)37(33,34)31-25-30-29-22(12-19-8-7-11-26-15-19)32(25)23-20(35-4)9-6-10-21(23)36-5/h6-11,13-15,17-18H,12H2,1-5H3,(H,30,31)/t17-,18-/m0/s1. The van der Waals surface area contributed by atoms with Crippen LogP contribution in [0.5, 0.6) is 11.5 Å². The van der Waals surface area contributed by atoms with Gasteiger partial charge in [0.25, 0.3) is 0 Å². The lowest BCUT2D eigenvalue weighted by Gasteiger charge is -2.21. The number of rotatable bonds is 10. The van der Waals surface area contributed by atoms with E-state index in [9.17, 15) is 8.42 Å². The molecule has 0 spiro atoms. The minimum Gasteiger partial charge on any atom is -0.494 e. The van der Waals surface area contributed by atoms with E-state index in [1.807, 2.05) is 19.1 Å². The smallest absolute Gasteiger partial charge is 0.243 e. The fraction of sp³-hybridized carbons (Fsp3) is 0.320. The van der Waals surface area contributed by atoms with E-state index in [-0.39, 0.29) is 5.95 Å². The van der Waals surface area contributed by atoms with Gasteiger partial charge in [0.05, 0.1) is 19.5 Å². The summed E-state index contributed by atoms with van der Waals surface area (Å²) in [7, 11) is -0.895. The number of hydrogen-bond acceptors (Lipinski definition) is 9. The third-order valence-corrected chi connectivity index (χ3v) is 7.93. The van der Waals surface area contributed by atoms with Crippen molar-refractivity contribution in [1.29, 1.82) is 0 Å². The Morgan fingerprint density at radius 3 is 2.24 bits per heavy atom. The zero-order valence-corrected chi connectivity index (χ0v) is 22.1. The van der Waals surface area contributed by atoms with Gasteiger partial charge < -0.3 is 9.47 Å². The van der Waals surface area contributed by atoms with Crippen molar-refractivity contribution in [3.63, 3.8) is 0 Å². The summed E-state index contributed by atoms with van der Waals surface area (Å²) in [6.07, 6.45) is 7.07. The molecule has 0 aliphatic carbocycles. The average molecular weight is 524 g/mol. The van der Waals surface area contributed by atoms with Gasteiger partial charge in [-0.3, -0.25) is 14.3 Å². The van der Waals surface area contributed by atoms with Crippen LogP contribution in [0.2, 0.25) is 0 Å². The van der Waals surface area contributed by atoms with Crippen molar-refractivity contribution in [3.8, 4) is 17.2 Å². The first-order valence-corrected chi connectivity index (χ1v) is 13.1. The van der Waals surface area contributed by atoms with Crippen LogP contribution in [0.25, 0.3) is 5.69 Å². The lowest BCUT2D eigenvalue weighted by molar-refractivity contribution is 0.391. The zero-order valence-electron chi connectivity index (χ0n) is 21.3. The highest BCUT2D eigenvalue weighted by molar-refractivity contribution is 7.93. The van der Waals surface area contributed by atoms with E-state index < -0.39 is 21.2 Å². The highest BCUT2D eigenvalue weighted by Crippen LogP contribution is 2.36. The van der Waals surface area contributed by atoms with Crippen LogP contribution in [0.4, 0.5) is 5.95 Å². The number of ether oxygens (including phenoxy) is 2. The van der Waals surface area contributed by atoms with Crippen LogP contribution in [0.15, 0.2) is 55.1 Å². The van der Waals surface area contributed by atoms with Gasteiger partial charge in [-0.15, -0.1) is 10.2 Å². The van der Waals surface area contributed by atoms with Gasteiger partial charge >= 0.3 is 0 Å². The van der Waals surface area contributed by atoms with Gasteiger partial charge in [-0.1, -0.05) is 19.1 Å². The van der Waals surface area contributed by atoms with Crippen LogP contribution < -0.4 is 14.2 Å². The second kappa shape index (κ2) is 10.9. The Labute approximate surface area is 216 Å². The molecule has 194 valence electrons. The summed E-state index contributed by atoms with van der Waals surface area (Å²) in [6, 6.07) is 9.01. The van der Waals surface area contributed by atoms with Crippen molar-refractivity contribution in [1.82, 2.24) is 29.7 Å². The van der Waals surface area contributed by atoms with Gasteiger partial charge in [0.15, 0.2) is 0 Å². The molecule has 12 heteroatoms. The minimum absolute atomic E-state index is 0.00515. The topological polar surface area (TPSA) is 134 Å². The largest absolute Gasteiger partial charge is 0.494 e. The monoisotopic (exact) mass is 523 g/mol. The summed E-state index contributed by atoms with van der Waals surface area (Å²) < 4.78 is 42.5. The van der Waals surface area contributed by atoms with Crippen molar-refractivity contribution in [3.05, 3.63) is 77.9 Å². The highest BCUT2D eigenvalue weighted by atomic mass is 32.2. The number of para-hydroxylation sites is 1. The third kappa shape index (κ3) is 5.53. The molecule has 0 radical (unpaired) electrons. The molecular formula is C25H29N7O4S. The minimum atomic E-state index is -3.95. The fourth-order valence-electron chi connectivity index (χ4n) is 3.81. The molecule has 1 N–H and O–H groups in total. The Bertz CT molecular complexity index is 1440. The lowest BCUT2D eigenvalue weighted by atomic mass is 10.1. The van der Waals surface area contributed by atoms with Crippen molar-refractivity contribution >= 4 is 16.0 Å². The number of anilines is 1. The van der Waals surface area contributed by atoms with E-state index in [0.717, 1.165) is 11.1 Å². The van der Waals surface area contributed by atoms with Crippen molar-refractivity contribution in [2.24, 2.45) is 0 Å². The number of methoxy groups -OCH3 is 2. The van der Waals surface area contributed by atoms with E-state index >= 15 is 0 Å². The van der Waals surface area contributed by atoms with Crippen LogP contribution in [-0.2, 0) is 16.4 Å². The Morgan fingerprint density at radius 1 is 0.973 bits per heavy atom. The van der Waals surface area contributed by atoms with Crippen LogP contribution in [0.3, 0.4) is 0 Å². The zero-order chi connectivity index (χ0) is 26.6. The molecule has 4 rings (SSSR count). The molecule has 0 saturated carbocycles. The molecular weight excluding hydrogens is 494 g/mol. The molecule has 0 fully saturated rings. The molecule has 4 aromatic rings. The predicted octanol–water partition coefficient (Wildman–Crippen LogP) is 3.30. The maximum absolute atomic E-state index is 13.5. The normalized spacial score (nSPS) is 13.1. The molecule has 3 aromatic heterocycles. The summed E-state index contributed by atoms with van der Waals surface area (Å²) in [5, 5.41) is 7.65. The number of pyridine rings is 1. The first-order chi connectivity index (χ1) is 17.7. The van der Waals surface area contributed by atoms with Gasteiger partial charge in [-0.25, -0.2) is 18.4 Å². The number of hydrogen-bond donors (Lipinski definition) is 1. The number of aromatic nitrogens is 6. The maximum atomic E-state index is 13.5. The SMILES string of the molecule is COc1cccc(OC)c1-n1c(Cc2cccnc2)nnc1NS(=O)(=O)[C@@H](C)[C@H](C)c1ncc(C)cn1. The van der Waals surface area contributed by atoms with Crippen molar-refractivity contribution < 1.29 is 17.9 Å². The van der Waals surface area contributed by atoms with Gasteiger partial charge in [-0.05, 0) is 43.2 Å². The molecule has 2 atom stereocenters. The Balaban J connectivity index is 1.77. The Hall–Kier alpha value is -4.06. The lowest BCUT2D eigenvalue weighted by Crippen LogP contribution is -2.31. The van der Waals surface area contributed by atoms with E-state index in [1.165, 1.54) is 14.2 Å². The maximum Gasteiger partial charge on any atom is 0.243 e. The number of nitrogens with one attached hydrogen (secondary N) is 1. The first kappa shape index (κ1) is 26.0. The molecule has 1 aromatic carbocycles. The molecule has 3 heterocycles.